The van der Waals surface area contributed by atoms with Crippen LogP contribution in [-0.4, -0.2) is 36.7 Å². The lowest BCUT2D eigenvalue weighted by atomic mass is 10.2. The molecule has 0 unspecified atom stereocenters. The molecule has 4 rings (SSSR count). The van der Waals surface area contributed by atoms with Gasteiger partial charge in [-0.15, -0.1) is 0 Å². The second kappa shape index (κ2) is 8.32. The van der Waals surface area contributed by atoms with Crippen molar-refractivity contribution >= 4 is 46.6 Å². The number of amides is 4. The first-order valence-electron chi connectivity index (χ1n) is 8.80. The van der Waals surface area contributed by atoms with Gasteiger partial charge in [0.25, 0.3) is 0 Å². The molecule has 150 valence electrons. The number of nitrogens with two attached hydrogens (primary N) is 2. The first-order valence-corrected chi connectivity index (χ1v) is 9.17. The zero-order valence-corrected chi connectivity index (χ0v) is 16.2. The fraction of sp³-hybridized carbons (Fsp3) is 0.200. The maximum atomic E-state index is 11.6. The van der Waals surface area contributed by atoms with Crippen molar-refractivity contribution in [2.45, 2.75) is 12.8 Å². The van der Waals surface area contributed by atoms with Gasteiger partial charge in [-0.05, 0) is 35.4 Å². The molecule has 0 aliphatic carbocycles. The lowest BCUT2D eigenvalue weighted by Crippen LogP contribution is -2.35. The van der Waals surface area contributed by atoms with Crippen LogP contribution in [-0.2, 0) is 32.0 Å². The largest absolute Gasteiger partial charge is 0.368 e. The highest BCUT2D eigenvalue weighted by molar-refractivity contribution is 6.31. The van der Waals surface area contributed by atoms with Crippen molar-refractivity contribution < 1.29 is 19.2 Å². The first-order chi connectivity index (χ1) is 13.8. The summed E-state index contributed by atoms with van der Waals surface area (Å²) in [5, 5.41) is 0.586. The Morgan fingerprint density at radius 3 is 1.93 bits per heavy atom. The molecule has 0 atom stereocenters. The van der Waals surface area contributed by atoms with E-state index in [1.807, 2.05) is 24.3 Å². The minimum atomic E-state index is -0.522. The SMILES string of the molecule is NC(=O)CN1C(=O)Cc2cc(Cl)ccc21.NC(=O)CN1C(=O)Cc2ccccc21. The van der Waals surface area contributed by atoms with E-state index in [2.05, 4.69) is 0 Å². The highest BCUT2D eigenvalue weighted by Gasteiger charge is 2.28. The van der Waals surface area contributed by atoms with Crippen molar-refractivity contribution in [3.05, 3.63) is 58.6 Å². The summed E-state index contributed by atoms with van der Waals surface area (Å²) in [6.07, 6.45) is 0.645. The predicted molar refractivity (Wildman–Crippen MR) is 108 cm³/mol. The number of hydrogen-bond donors (Lipinski definition) is 2. The Bertz CT molecular complexity index is 1010. The van der Waals surface area contributed by atoms with Crippen molar-refractivity contribution in [2.75, 3.05) is 22.9 Å². The van der Waals surface area contributed by atoms with Gasteiger partial charge in [0.2, 0.25) is 23.6 Å². The normalized spacial score (nSPS) is 14.2. The molecule has 0 bridgehead atoms. The van der Waals surface area contributed by atoms with Crippen molar-refractivity contribution in [1.29, 1.82) is 0 Å². The summed E-state index contributed by atoms with van der Waals surface area (Å²) in [4.78, 5) is 47.4. The van der Waals surface area contributed by atoms with Crippen LogP contribution in [0.4, 0.5) is 11.4 Å². The average Bonchev–Trinajstić information content (AvgIpc) is 3.11. The second-order valence-electron chi connectivity index (χ2n) is 6.65. The Morgan fingerprint density at radius 2 is 1.34 bits per heavy atom. The van der Waals surface area contributed by atoms with Crippen LogP contribution in [0.5, 0.6) is 0 Å². The Morgan fingerprint density at radius 1 is 0.828 bits per heavy atom. The molecule has 0 fully saturated rings. The van der Waals surface area contributed by atoms with Crippen LogP contribution in [0.1, 0.15) is 11.1 Å². The summed E-state index contributed by atoms with van der Waals surface area (Å²) in [6.45, 7) is -0.108. The number of primary amides is 2. The molecular weight excluding hydrogens is 396 g/mol. The quantitative estimate of drug-likeness (QED) is 0.766. The smallest absolute Gasteiger partial charge is 0.237 e. The lowest BCUT2D eigenvalue weighted by molar-refractivity contribution is -0.121. The van der Waals surface area contributed by atoms with E-state index in [9.17, 15) is 19.2 Å². The Labute approximate surface area is 172 Å². The topological polar surface area (TPSA) is 127 Å². The Balaban J connectivity index is 0.000000166. The van der Waals surface area contributed by atoms with Crippen molar-refractivity contribution in [2.24, 2.45) is 11.5 Å². The van der Waals surface area contributed by atoms with Gasteiger partial charge >= 0.3 is 0 Å². The van der Waals surface area contributed by atoms with E-state index >= 15 is 0 Å². The summed E-state index contributed by atoms with van der Waals surface area (Å²) in [6, 6.07) is 12.6. The number of hydrogen-bond acceptors (Lipinski definition) is 4. The second-order valence-corrected chi connectivity index (χ2v) is 7.08. The van der Waals surface area contributed by atoms with Gasteiger partial charge in [-0.25, -0.2) is 0 Å². The number of carbonyl (C=O) groups is 4. The molecule has 4 amide bonds. The summed E-state index contributed by atoms with van der Waals surface area (Å²) in [5.41, 5.74) is 13.4. The fourth-order valence-corrected chi connectivity index (χ4v) is 3.52. The van der Waals surface area contributed by atoms with Crippen molar-refractivity contribution in [3.63, 3.8) is 0 Å². The molecule has 2 aromatic carbocycles. The number of carbonyl (C=O) groups excluding carboxylic acids is 4. The van der Waals surface area contributed by atoms with Crippen LogP contribution in [0, 0.1) is 0 Å². The number of para-hydroxylation sites is 1. The monoisotopic (exact) mass is 414 g/mol. The van der Waals surface area contributed by atoms with Gasteiger partial charge in [0.1, 0.15) is 13.1 Å². The minimum absolute atomic E-state index is 0.0319. The molecule has 2 aliphatic rings. The van der Waals surface area contributed by atoms with Gasteiger partial charge < -0.3 is 21.3 Å². The van der Waals surface area contributed by atoms with Crippen LogP contribution < -0.4 is 21.3 Å². The van der Waals surface area contributed by atoms with E-state index in [1.165, 1.54) is 9.80 Å². The fourth-order valence-electron chi connectivity index (χ4n) is 3.33. The molecule has 0 saturated heterocycles. The van der Waals surface area contributed by atoms with Gasteiger partial charge in [-0.2, -0.15) is 0 Å². The molecule has 0 spiro atoms. The van der Waals surface area contributed by atoms with Crippen LogP contribution >= 0.6 is 11.6 Å². The van der Waals surface area contributed by atoms with Gasteiger partial charge in [0.05, 0.1) is 12.8 Å². The number of rotatable bonds is 4. The molecule has 0 aromatic heterocycles. The van der Waals surface area contributed by atoms with Crippen molar-refractivity contribution in [1.82, 2.24) is 0 Å². The van der Waals surface area contributed by atoms with E-state index in [4.69, 9.17) is 23.1 Å². The lowest BCUT2D eigenvalue weighted by Gasteiger charge is -2.14. The van der Waals surface area contributed by atoms with E-state index in [0.717, 1.165) is 22.5 Å². The molecule has 9 heteroatoms. The average molecular weight is 415 g/mol. The molecule has 4 N–H and O–H groups in total. The number of nitrogens with zero attached hydrogens (tertiary/aromatic N) is 2. The summed E-state index contributed by atoms with van der Waals surface area (Å²) >= 11 is 5.80. The summed E-state index contributed by atoms with van der Waals surface area (Å²) in [5.74, 6) is -1.20. The zero-order valence-electron chi connectivity index (χ0n) is 15.4. The molecule has 0 radical (unpaired) electrons. The maximum absolute atomic E-state index is 11.6. The zero-order chi connectivity index (χ0) is 21.1. The molecule has 2 aromatic rings. The van der Waals surface area contributed by atoms with Gasteiger partial charge in [-0.3, -0.25) is 19.2 Å². The van der Waals surface area contributed by atoms with Crippen LogP contribution in [0.3, 0.4) is 0 Å². The van der Waals surface area contributed by atoms with Gasteiger partial charge in [0, 0.05) is 16.4 Å². The molecule has 2 heterocycles. The van der Waals surface area contributed by atoms with E-state index in [0.29, 0.717) is 11.4 Å². The number of benzene rings is 2. The molecular formula is C20H19ClN4O4. The summed E-state index contributed by atoms with van der Waals surface area (Å²) in [7, 11) is 0. The number of halogens is 1. The maximum Gasteiger partial charge on any atom is 0.237 e. The molecule has 0 saturated carbocycles. The Kier molecular flexibility index (Phi) is 5.84. The van der Waals surface area contributed by atoms with Crippen LogP contribution in [0.15, 0.2) is 42.5 Å². The highest BCUT2D eigenvalue weighted by Crippen LogP contribution is 2.30. The minimum Gasteiger partial charge on any atom is -0.368 e. The van der Waals surface area contributed by atoms with Crippen LogP contribution in [0.25, 0.3) is 0 Å². The third-order valence-electron chi connectivity index (χ3n) is 4.53. The third kappa shape index (κ3) is 4.55. The number of fused-ring (bicyclic) bond motifs is 2. The van der Waals surface area contributed by atoms with Gasteiger partial charge in [0.15, 0.2) is 0 Å². The van der Waals surface area contributed by atoms with E-state index in [-0.39, 0.29) is 31.3 Å². The Hall–Kier alpha value is -3.39. The summed E-state index contributed by atoms with van der Waals surface area (Å²) < 4.78 is 0. The highest BCUT2D eigenvalue weighted by atomic mass is 35.5. The van der Waals surface area contributed by atoms with E-state index < -0.39 is 11.8 Å². The van der Waals surface area contributed by atoms with E-state index in [1.54, 1.807) is 18.2 Å². The molecule has 2 aliphatic heterocycles. The molecule has 8 nitrogen and oxygen atoms in total. The standard InChI is InChI=1S/C10H9ClN2O2.C10H10N2O2/c11-7-1-2-8-6(3-7)4-10(15)13(8)5-9(12)14;11-9(13)6-12-8-4-2-1-3-7(8)5-10(12)14/h1-3H,4-5H2,(H2,12,14);1-4H,5-6H2,(H2,11,13). The number of anilines is 2. The van der Waals surface area contributed by atoms with Gasteiger partial charge in [-0.1, -0.05) is 29.8 Å². The first kappa shape index (κ1) is 20.3. The molecule has 29 heavy (non-hydrogen) atoms. The predicted octanol–water partition coefficient (Wildman–Crippen LogP) is 0.775. The third-order valence-corrected chi connectivity index (χ3v) is 4.76. The van der Waals surface area contributed by atoms with Crippen LogP contribution in [0.2, 0.25) is 5.02 Å². The van der Waals surface area contributed by atoms with Crippen molar-refractivity contribution in [3.8, 4) is 0 Å².